The van der Waals surface area contributed by atoms with Crippen LogP contribution in [-0.4, -0.2) is 53.6 Å². The number of imidazole rings is 1. The van der Waals surface area contributed by atoms with E-state index in [-0.39, 0.29) is 0 Å². The molecule has 2 N–H and O–H groups in total. The van der Waals surface area contributed by atoms with Crippen LogP contribution in [0, 0.1) is 5.92 Å². The van der Waals surface area contributed by atoms with Crippen molar-refractivity contribution in [2.24, 2.45) is 10.9 Å². The van der Waals surface area contributed by atoms with E-state index in [1.54, 1.807) is 6.20 Å². The number of nitrogens with one attached hydrogen (secondary N) is 2. The molecule has 0 saturated carbocycles. The molecule has 6 nitrogen and oxygen atoms in total. The fourth-order valence-electron chi connectivity index (χ4n) is 3.51. The van der Waals surface area contributed by atoms with Crippen molar-refractivity contribution in [1.82, 2.24) is 25.1 Å². The quantitative estimate of drug-likeness (QED) is 0.448. The number of rotatable bonds is 7. The zero-order chi connectivity index (χ0) is 18.9. The Hall–Kier alpha value is -2.34. The lowest BCUT2D eigenvalue weighted by Crippen LogP contribution is -2.39. The van der Waals surface area contributed by atoms with Crippen LogP contribution in [0.1, 0.15) is 31.7 Å². The van der Waals surface area contributed by atoms with Gasteiger partial charge in [-0.3, -0.25) is 4.99 Å². The van der Waals surface area contributed by atoms with Crippen molar-refractivity contribution < 1.29 is 0 Å². The summed E-state index contributed by atoms with van der Waals surface area (Å²) in [7, 11) is 1.82. The molecule has 0 amide bonds. The topological polar surface area (TPSA) is 57.5 Å². The summed E-state index contributed by atoms with van der Waals surface area (Å²) in [4.78, 5) is 11.1. The highest BCUT2D eigenvalue weighted by Gasteiger charge is 2.14. The molecule has 6 heteroatoms. The van der Waals surface area contributed by atoms with Gasteiger partial charge in [0, 0.05) is 32.5 Å². The van der Waals surface area contributed by atoms with Gasteiger partial charge < -0.3 is 20.1 Å². The van der Waals surface area contributed by atoms with E-state index in [1.807, 2.05) is 30.2 Å². The number of para-hydroxylation sites is 1. The highest BCUT2D eigenvalue weighted by molar-refractivity contribution is 5.79. The Morgan fingerprint density at radius 2 is 2.04 bits per heavy atom. The fourth-order valence-corrected chi connectivity index (χ4v) is 3.51. The first-order valence-electron chi connectivity index (χ1n) is 9.99. The number of piperidine rings is 1. The molecule has 1 aliphatic rings. The second-order valence-corrected chi connectivity index (χ2v) is 7.33. The first-order chi connectivity index (χ1) is 13.3. The molecule has 0 spiro atoms. The first-order valence-corrected chi connectivity index (χ1v) is 9.99. The predicted molar refractivity (Wildman–Crippen MR) is 111 cm³/mol. The van der Waals surface area contributed by atoms with Gasteiger partial charge in [-0.2, -0.15) is 0 Å². The van der Waals surface area contributed by atoms with Crippen LogP contribution in [0.25, 0.3) is 5.69 Å². The average molecular weight is 369 g/mol. The Kier molecular flexibility index (Phi) is 7.27. The van der Waals surface area contributed by atoms with Crippen LogP contribution in [0.4, 0.5) is 0 Å². The minimum atomic E-state index is 0.720. The third kappa shape index (κ3) is 5.82. The minimum absolute atomic E-state index is 0.720. The lowest BCUT2D eigenvalue weighted by molar-refractivity contribution is 0.191. The Morgan fingerprint density at radius 3 is 2.78 bits per heavy atom. The smallest absolute Gasteiger partial charge is 0.191 e. The Morgan fingerprint density at radius 1 is 1.22 bits per heavy atom. The van der Waals surface area contributed by atoms with Crippen LogP contribution >= 0.6 is 0 Å². The average Bonchev–Trinajstić information content (AvgIpc) is 3.24. The molecule has 0 bridgehead atoms. The summed E-state index contributed by atoms with van der Waals surface area (Å²) in [5, 5.41) is 6.86. The number of aromatic nitrogens is 2. The van der Waals surface area contributed by atoms with E-state index in [9.17, 15) is 0 Å². The molecular weight excluding hydrogens is 336 g/mol. The van der Waals surface area contributed by atoms with Crippen molar-refractivity contribution in [1.29, 1.82) is 0 Å². The van der Waals surface area contributed by atoms with Gasteiger partial charge in [0.2, 0.25) is 0 Å². The number of hydrogen-bond acceptors (Lipinski definition) is 3. The van der Waals surface area contributed by atoms with Crippen LogP contribution in [0.2, 0.25) is 0 Å². The van der Waals surface area contributed by atoms with Crippen LogP contribution in [0.3, 0.4) is 0 Å². The van der Waals surface area contributed by atoms with Crippen molar-refractivity contribution in [2.75, 3.05) is 33.2 Å². The number of benzene rings is 1. The zero-order valence-corrected chi connectivity index (χ0v) is 16.6. The highest BCUT2D eigenvalue weighted by Crippen LogP contribution is 2.16. The molecule has 0 unspecified atom stereocenters. The molecule has 2 aromatic rings. The monoisotopic (exact) mass is 368 g/mol. The lowest BCUT2D eigenvalue weighted by Gasteiger charge is -2.30. The molecule has 2 heterocycles. The molecule has 27 heavy (non-hydrogen) atoms. The van der Waals surface area contributed by atoms with Crippen molar-refractivity contribution >= 4 is 5.96 Å². The fraction of sp³-hybridized carbons (Fsp3) is 0.524. The summed E-state index contributed by atoms with van der Waals surface area (Å²) >= 11 is 0. The molecular formula is C21H32N6. The second-order valence-electron chi connectivity index (χ2n) is 7.33. The molecule has 1 aromatic carbocycles. The van der Waals surface area contributed by atoms with E-state index >= 15 is 0 Å². The molecule has 0 aliphatic carbocycles. The van der Waals surface area contributed by atoms with Crippen molar-refractivity contribution in [2.45, 2.75) is 32.7 Å². The van der Waals surface area contributed by atoms with Crippen LogP contribution in [0.5, 0.6) is 0 Å². The lowest BCUT2D eigenvalue weighted by atomic mass is 9.99. The largest absolute Gasteiger partial charge is 0.356 e. The van der Waals surface area contributed by atoms with Crippen molar-refractivity contribution in [3.8, 4) is 5.69 Å². The summed E-state index contributed by atoms with van der Waals surface area (Å²) in [5.41, 5.74) is 2.35. The first kappa shape index (κ1) is 19.4. The highest BCUT2D eigenvalue weighted by atomic mass is 15.2. The van der Waals surface area contributed by atoms with E-state index in [1.165, 1.54) is 38.0 Å². The molecule has 0 atom stereocenters. The number of guanidine groups is 1. The number of likely N-dealkylation sites (tertiary alicyclic amines) is 1. The summed E-state index contributed by atoms with van der Waals surface area (Å²) in [6.07, 6.45) is 9.41. The number of hydrogen-bond donors (Lipinski definition) is 2. The van der Waals surface area contributed by atoms with Gasteiger partial charge in [0.05, 0.1) is 12.0 Å². The van der Waals surface area contributed by atoms with Gasteiger partial charge in [-0.05, 0) is 56.4 Å². The summed E-state index contributed by atoms with van der Waals surface area (Å²) < 4.78 is 2.03. The van der Waals surface area contributed by atoms with Crippen LogP contribution in [0.15, 0.2) is 48.0 Å². The number of nitrogens with zero attached hydrogens (tertiary/aromatic N) is 4. The van der Waals surface area contributed by atoms with E-state index in [0.29, 0.717) is 0 Å². The van der Waals surface area contributed by atoms with Crippen LogP contribution in [-0.2, 0) is 6.54 Å². The normalized spacial score (nSPS) is 16.4. The molecule has 3 rings (SSSR count). The predicted octanol–water partition coefficient (Wildman–Crippen LogP) is 2.66. The van der Waals surface area contributed by atoms with Gasteiger partial charge in [-0.15, -0.1) is 0 Å². The molecule has 1 aliphatic heterocycles. The third-order valence-electron chi connectivity index (χ3n) is 5.26. The van der Waals surface area contributed by atoms with Crippen LogP contribution < -0.4 is 10.6 Å². The van der Waals surface area contributed by atoms with Gasteiger partial charge in [0.15, 0.2) is 5.96 Å². The third-order valence-corrected chi connectivity index (χ3v) is 5.26. The van der Waals surface area contributed by atoms with Gasteiger partial charge >= 0.3 is 0 Å². The van der Waals surface area contributed by atoms with Gasteiger partial charge in [0.1, 0.15) is 0 Å². The summed E-state index contributed by atoms with van der Waals surface area (Å²) in [6, 6.07) is 8.35. The van der Waals surface area contributed by atoms with E-state index in [2.05, 4.69) is 50.6 Å². The van der Waals surface area contributed by atoms with E-state index in [0.717, 1.165) is 37.1 Å². The second kappa shape index (κ2) is 10.1. The van der Waals surface area contributed by atoms with E-state index < -0.39 is 0 Å². The van der Waals surface area contributed by atoms with Gasteiger partial charge in [0.25, 0.3) is 0 Å². The zero-order valence-electron chi connectivity index (χ0n) is 16.6. The molecule has 1 fully saturated rings. The SMILES string of the molecule is CN=C(NCCCN1CCC(C)CC1)NCc1ccccc1-n1ccnc1. The molecule has 0 radical (unpaired) electrons. The molecule has 1 aromatic heterocycles. The maximum Gasteiger partial charge on any atom is 0.191 e. The maximum atomic E-state index is 4.35. The minimum Gasteiger partial charge on any atom is -0.356 e. The van der Waals surface area contributed by atoms with Gasteiger partial charge in [-0.25, -0.2) is 4.98 Å². The molecule has 1 saturated heterocycles. The van der Waals surface area contributed by atoms with Gasteiger partial charge in [-0.1, -0.05) is 25.1 Å². The summed E-state index contributed by atoms with van der Waals surface area (Å²) in [5.74, 6) is 1.75. The Bertz CT molecular complexity index is 701. The van der Waals surface area contributed by atoms with Crippen molar-refractivity contribution in [3.05, 3.63) is 48.5 Å². The van der Waals surface area contributed by atoms with Crippen molar-refractivity contribution in [3.63, 3.8) is 0 Å². The standard InChI is InChI=1S/C21H32N6/c1-18-8-13-26(14-9-18)12-5-10-24-21(22-2)25-16-19-6-3-4-7-20(19)27-15-11-23-17-27/h3-4,6-7,11,15,17-18H,5,8-10,12-14,16H2,1-2H3,(H2,22,24,25). The Labute approximate surface area is 162 Å². The molecule has 146 valence electrons. The maximum absolute atomic E-state index is 4.35. The van der Waals surface area contributed by atoms with E-state index in [4.69, 9.17) is 0 Å². The number of aliphatic imine (C=N–C) groups is 1. The summed E-state index contributed by atoms with van der Waals surface area (Å²) in [6.45, 7) is 7.69. The Balaban J connectivity index is 1.42.